The summed E-state index contributed by atoms with van der Waals surface area (Å²) >= 11 is 0. The first-order chi connectivity index (χ1) is 12.1. The van der Waals surface area contributed by atoms with E-state index in [1.54, 1.807) is 4.90 Å². The maximum absolute atomic E-state index is 12.8. The van der Waals surface area contributed by atoms with Crippen LogP contribution in [0.4, 0.5) is 0 Å². The number of rotatable bonds is 4. The zero-order valence-corrected chi connectivity index (χ0v) is 14.8. The van der Waals surface area contributed by atoms with Gasteiger partial charge in [-0.15, -0.1) is 0 Å². The van der Waals surface area contributed by atoms with Gasteiger partial charge in [-0.1, -0.05) is 12.1 Å². The first-order valence-corrected chi connectivity index (χ1v) is 8.92. The van der Waals surface area contributed by atoms with Gasteiger partial charge in [0.2, 0.25) is 5.91 Å². The van der Waals surface area contributed by atoms with Gasteiger partial charge in [-0.2, -0.15) is 0 Å². The van der Waals surface area contributed by atoms with Gasteiger partial charge in [0, 0.05) is 25.7 Å². The Balaban J connectivity index is 1.62. The monoisotopic (exact) mass is 349 g/mol. The zero-order valence-electron chi connectivity index (χ0n) is 14.8. The van der Waals surface area contributed by atoms with Gasteiger partial charge in [0.1, 0.15) is 18.0 Å². The van der Waals surface area contributed by atoms with E-state index < -0.39 is 5.60 Å². The Morgan fingerprint density at radius 3 is 2.88 bits per heavy atom. The molecule has 25 heavy (non-hydrogen) atoms. The predicted molar refractivity (Wildman–Crippen MR) is 92.6 cm³/mol. The van der Waals surface area contributed by atoms with Gasteiger partial charge in [-0.05, 0) is 37.5 Å². The van der Waals surface area contributed by atoms with Crippen molar-refractivity contribution in [3.63, 3.8) is 0 Å². The molecule has 2 aliphatic heterocycles. The van der Waals surface area contributed by atoms with E-state index in [0.717, 1.165) is 18.4 Å². The number of nitrogens with zero attached hydrogens (tertiary/aromatic N) is 1. The van der Waals surface area contributed by atoms with Gasteiger partial charge in [0.15, 0.2) is 0 Å². The molecule has 1 aromatic carbocycles. The highest BCUT2D eigenvalue weighted by atomic mass is 16.5. The highest BCUT2D eigenvalue weighted by molar-refractivity contribution is 5.79. The lowest BCUT2D eigenvalue weighted by Gasteiger charge is -2.33. The van der Waals surface area contributed by atoms with Crippen LogP contribution in [0.25, 0.3) is 0 Å². The Bertz CT molecular complexity index is 587. The first kappa shape index (κ1) is 18.2. The molecule has 2 heterocycles. The topological polar surface area (TPSA) is 68.2 Å². The summed E-state index contributed by atoms with van der Waals surface area (Å²) in [7, 11) is 0. The van der Waals surface area contributed by atoms with Crippen molar-refractivity contribution in [3.8, 4) is 5.75 Å². The van der Waals surface area contributed by atoms with Crippen LogP contribution in [0, 0.1) is 12.8 Å². The first-order valence-electron chi connectivity index (χ1n) is 8.92. The summed E-state index contributed by atoms with van der Waals surface area (Å²) in [6.07, 6.45) is 1.49. The fourth-order valence-corrected chi connectivity index (χ4v) is 3.32. The summed E-state index contributed by atoms with van der Waals surface area (Å²) in [5, 5.41) is 10.9. The molecule has 1 aromatic rings. The lowest BCUT2D eigenvalue weighted by Crippen LogP contribution is -2.51. The number of amides is 1. The number of β-amino-alcohol motifs (C(OH)–C–C–N with tert-alkyl or cyclic N) is 1. The molecular formula is C19H27NO5. The lowest BCUT2D eigenvalue weighted by atomic mass is 9.97. The molecule has 1 atom stereocenters. The second kappa shape index (κ2) is 8.17. The molecule has 6 heteroatoms. The smallest absolute Gasteiger partial charge is 0.226 e. The lowest BCUT2D eigenvalue weighted by molar-refractivity contribution is -0.142. The quantitative estimate of drug-likeness (QED) is 0.890. The number of hydrogen-bond acceptors (Lipinski definition) is 5. The van der Waals surface area contributed by atoms with Crippen molar-refractivity contribution in [1.82, 2.24) is 4.90 Å². The van der Waals surface area contributed by atoms with E-state index in [1.165, 1.54) is 0 Å². The highest BCUT2D eigenvalue weighted by Crippen LogP contribution is 2.22. The van der Waals surface area contributed by atoms with E-state index in [1.807, 2.05) is 31.2 Å². The van der Waals surface area contributed by atoms with Crippen LogP contribution in [0.2, 0.25) is 0 Å². The molecule has 3 rings (SSSR count). The van der Waals surface area contributed by atoms with E-state index >= 15 is 0 Å². The third kappa shape index (κ3) is 4.93. The summed E-state index contributed by atoms with van der Waals surface area (Å²) in [5.41, 5.74) is -0.112. The van der Waals surface area contributed by atoms with Crippen LogP contribution in [0.5, 0.6) is 5.75 Å². The van der Waals surface area contributed by atoms with E-state index in [2.05, 4.69) is 0 Å². The highest BCUT2D eigenvalue weighted by Gasteiger charge is 2.37. The molecule has 2 aliphatic rings. The molecule has 138 valence electrons. The minimum atomic E-state index is -1.21. The fourth-order valence-electron chi connectivity index (χ4n) is 3.32. The minimum absolute atomic E-state index is 0.0196. The van der Waals surface area contributed by atoms with Crippen molar-refractivity contribution in [1.29, 1.82) is 0 Å². The zero-order chi connectivity index (χ0) is 17.7. The van der Waals surface area contributed by atoms with Crippen LogP contribution in [-0.4, -0.2) is 67.6 Å². The van der Waals surface area contributed by atoms with Crippen molar-refractivity contribution < 1.29 is 24.1 Å². The van der Waals surface area contributed by atoms with Crippen LogP contribution >= 0.6 is 0 Å². The van der Waals surface area contributed by atoms with Gasteiger partial charge >= 0.3 is 0 Å². The van der Waals surface area contributed by atoms with Gasteiger partial charge in [-0.25, -0.2) is 0 Å². The molecule has 6 nitrogen and oxygen atoms in total. The molecular weight excluding hydrogens is 322 g/mol. The average Bonchev–Trinajstić information content (AvgIpc) is 2.83. The van der Waals surface area contributed by atoms with Gasteiger partial charge in [0.05, 0.1) is 19.8 Å². The van der Waals surface area contributed by atoms with Crippen LogP contribution in [0.15, 0.2) is 24.3 Å². The number of ether oxygens (including phenoxy) is 3. The summed E-state index contributed by atoms with van der Waals surface area (Å²) < 4.78 is 16.6. The standard InChI is InChI=1S/C19H27NO5/c1-15-3-2-4-17(11-15)25-14-19(22)12-20(7-10-24-13-19)18(21)16-5-8-23-9-6-16/h2-4,11,16,22H,5-10,12-14H2,1H3/t19-/m1/s1. The second-order valence-electron chi connectivity index (χ2n) is 7.03. The Labute approximate surface area is 148 Å². The maximum atomic E-state index is 12.8. The number of aryl methyl sites for hydroxylation is 1. The number of carbonyl (C=O) groups excluding carboxylic acids is 1. The van der Waals surface area contributed by atoms with Crippen molar-refractivity contribution in [3.05, 3.63) is 29.8 Å². The molecule has 0 bridgehead atoms. The molecule has 0 aliphatic carbocycles. The fraction of sp³-hybridized carbons (Fsp3) is 0.632. The van der Waals surface area contributed by atoms with E-state index in [4.69, 9.17) is 14.2 Å². The minimum Gasteiger partial charge on any atom is -0.490 e. The molecule has 0 aromatic heterocycles. The Morgan fingerprint density at radius 2 is 2.12 bits per heavy atom. The van der Waals surface area contributed by atoms with Crippen LogP contribution in [0.1, 0.15) is 18.4 Å². The summed E-state index contributed by atoms with van der Waals surface area (Å²) in [5.74, 6) is 0.775. The van der Waals surface area contributed by atoms with Crippen molar-refractivity contribution in [2.45, 2.75) is 25.4 Å². The summed E-state index contributed by atoms with van der Waals surface area (Å²) in [6, 6.07) is 7.69. The summed E-state index contributed by atoms with van der Waals surface area (Å²) in [6.45, 7) is 4.66. The van der Waals surface area contributed by atoms with Crippen molar-refractivity contribution in [2.75, 3.05) is 46.1 Å². The predicted octanol–water partition coefficient (Wildman–Crippen LogP) is 1.39. The normalized spacial score (nSPS) is 25.4. The van der Waals surface area contributed by atoms with E-state index in [0.29, 0.717) is 32.1 Å². The molecule has 1 N–H and O–H groups in total. The van der Waals surface area contributed by atoms with E-state index in [-0.39, 0.29) is 31.6 Å². The number of hydrogen-bond donors (Lipinski definition) is 1. The third-order valence-electron chi connectivity index (χ3n) is 4.74. The Morgan fingerprint density at radius 1 is 1.32 bits per heavy atom. The molecule has 2 fully saturated rings. The van der Waals surface area contributed by atoms with Gasteiger partial charge < -0.3 is 24.2 Å². The average molecular weight is 349 g/mol. The second-order valence-corrected chi connectivity index (χ2v) is 7.03. The van der Waals surface area contributed by atoms with Gasteiger partial charge in [0.25, 0.3) is 0 Å². The Hall–Kier alpha value is -1.63. The largest absolute Gasteiger partial charge is 0.490 e. The number of aliphatic hydroxyl groups is 1. The van der Waals surface area contributed by atoms with Crippen molar-refractivity contribution >= 4 is 5.91 Å². The van der Waals surface area contributed by atoms with Crippen molar-refractivity contribution in [2.24, 2.45) is 5.92 Å². The molecule has 2 saturated heterocycles. The number of carbonyl (C=O) groups is 1. The molecule has 0 radical (unpaired) electrons. The molecule has 1 amide bonds. The van der Waals surface area contributed by atoms with Crippen LogP contribution in [0.3, 0.4) is 0 Å². The Kier molecular flexibility index (Phi) is 5.93. The van der Waals surface area contributed by atoms with Gasteiger partial charge in [-0.3, -0.25) is 4.79 Å². The summed E-state index contributed by atoms with van der Waals surface area (Å²) in [4.78, 5) is 14.5. The maximum Gasteiger partial charge on any atom is 0.226 e. The van der Waals surface area contributed by atoms with Crippen LogP contribution in [-0.2, 0) is 14.3 Å². The molecule has 0 spiro atoms. The van der Waals surface area contributed by atoms with E-state index in [9.17, 15) is 9.90 Å². The molecule has 0 unspecified atom stereocenters. The van der Waals surface area contributed by atoms with Crippen LogP contribution < -0.4 is 4.74 Å². The number of benzene rings is 1. The SMILES string of the molecule is Cc1cccc(OC[C@]2(O)COCCN(C(=O)C3CCOCC3)C2)c1. The third-order valence-corrected chi connectivity index (χ3v) is 4.74. The molecule has 0 saturated carbocycles.